The number of aryl methyl sites for hydroxylation is 1. The van der Waals surface area contributed by atoms with Gasteiger partial charge in [-0.1, -0.05) is 24.3 Å². The molecule has 1 aromatic heterocycles. The molecule has 0 unspecified atom stereocenters. The lowest BCUT2D eigenvalue weighted by Crippen LogP contribution is -2.12. The number of fused-ring (bicyclic) bond motifs is 1. The SMILES string of the molecule is COc1ccc(CNc2cc(OC)cc3c2c(=O)cc(-c2cccc(OC)c2)n3C)cc1. The fraction of sp³-hybridized carbons (Fsp3) is 0.192. The molecule has 0 radical (unpaired) electrons. The predicted molar refractivity (Wildman–Crippen MR) is 128 cm³/mol. The van der Waals surface area contributed by atoms with E-state index in [1.165, 1.54) is 0 Å². The number of hydrogen-bond acceptors (Lipinski definition) is 5. The number of aromatic nitrogens is 1. The molecule has 6 nitrogen and oxygen atoms in total. The molecule has 0 atom stereocenters. The van der Waals surface area contributed by atoms with Crippen LogP contribution in [0.4, 0.5) is 5.69 Å². The molecule has 0 saturated carbocycles. The molecule has 0 saturated heterocycles. The first-order valence-electron chi connectivity index (χ1n) is 10.3. The molecular formula is C26H26N2O4. The number of rotatable bonds is 7. The van der Waals surface area contributed by atoms with Crippen molar-refractivity contribution in [3.05, 3.63) is 82.5 Å². The van der Waals surface area contributed by atoms with Crippen molar-refractivity contribution in [2.24, 2.45) is 7.05 Å². The highest BCUT2D eigenvalue weighted by Crippen LogP contribution is 2.31. The molecule has 0 amide bonds. The third-order valence-corrected chi connectivity index (χ3v) is 5.57. The van der Waals surface area contributed by atoms with Gasteiger partial charge in [0.2, 0.25) is 0 Å². The van der Waals surface area contributed by atoms with Crippen molar-refractivity contribution in [1.29, 1.82) is 0 Å². The number of hydrogen-bond donors (Lipinski definition) is 1. The van der Waals surface area contributed by atoms with Crippen molar-refractivity contribution in [3.63, 3.8) is 0 Å². The Balaban J connectivity index is 1.79. The molecule has 1 heterocycles. The van der Waals surface area contributed by atoms with Gasteiger partial charge in [0.1, 0.15) is 17.2 Å². The Morgan fingerprint density at radius 1 is 0.812 bits per heavy atom. The van der Waals surface area contributed by atoms with Gasteiger partial charge >= 0.3 is 0 Å². The van der Waals surface area contributed by atoms with Gasteiger partial charge in [-0.15, -0.1) is 0 Å². The summed E-state index contributed by atoms with van der Waals surface area (Å²) >= 11 is 0. The topological polar surface area (TPSA) is 61.7 Å². The Bertz CT molecular complexity index is 1310. The lowest BCUT2D eigenvalue weighted by atomic mass is 10.1. The summed E-state index contributed by atoms with van der Waals surface area (Å²) in [6.07, 6.45) is 0. The first kappa shape index (κ1) is 21.3. The van der Waals surface area contributed by atoms with Gasteiger partial charge in [-0.05, 0) is 29.8 Å². The summed E-state index contributed by atoms with van der Waals surface area (Å²) < 4.78 is 18.1. The Hall–Kier alpha value is -3.93. The van der Waals surface area contributed by atoms with Crippen molar-refractivity contribution in [2.45, 2.75) is 6.54 Å². The number of nitrogens with zero attached hydrogens (tertiary/aromatic N) is 1. The van der Waals surface area contributed by atoms with Gasteiger partial charge in [-0.3, -0.25) is 4.79 Å². The molecule has 0 bridgehead atoms. The Labute approximate surface area is 187 Å². The molecule has 0 aliphatic heterocycles. The predicted octanol–water partition coefficient (Wildman–Crippen LogP) is 4.84. The summed E-state index contributed by atoms with van der Waals surface area (Å²) in [7, 11) is 6.84. The molecular weight excluding hydrogens is 404 g/mol. The minimum Gasteiger partial charge on any atom is -0.497 e. The fourth-order valence-corrected chi connectivity index (χ4v) is 3.80. The third-order valence-electron chi connectivity index (χ3n) is 5.57. The van der Waals surface area contributed by atoms with E-state index in [2.05, 4.69) is 5.32 Å². The van der Waals surface area contributed by atoms with E-state index in [0.717, 1.165) is 39.5 Å². The highest BCUT2D eigenvalue weighted by atomic mass is 16.5. The molecule has 4 rings (SSSR count). The molecule has 0 fully saturated rings. The van der Waals surface area contributed by atoms with Crippen LogP contribution in [-0.2, 0) is 13.6 Å². The van der Waals surface area contributed by atoms with Crippen LogP contribution < -0.4 is 25.0 Å². The van der Waals surface area contributed by atoms with Crippen LogP contribution in [0.2, 0.25) is 0 Å². The Kier molecular flexibility index (Phi) is 6.03. The highest BCUT2D eigenvalue weighted by molar-refractivity contribution is 5.94. The number of benzene rings is 3. The van der Waals surface area contributed by atoms with Crippen molar-refractivity contribution >= 4 is 16.6 Å². The van der Waals surface area contributed by atoms with Gasteiger partial charge in [-0.2, -0.15) is 0 Å². The molecule has 1 N–H and O–H groups in total. The van der Waals surface area contributed by atoms with E-state index in [4.69, 9.17) is 14.2 Å². The zero-order valence-corrected chi connectivity index (χ0v) is 18.6. The minimum absolute atomic E-state index is 0.0594. The van der Waals surface area contributed by atoms with Gasteiger partial charge in [0.05, 0.1) is 43.6 Å². The normalized spacial score (nSPS) is 10.8. The van der Waals surface area contributed by atoms with Gasteiger partial charge < -0.3 is 24.1 Å². The van der Waals surface area contributed by atoms with Crippen LogP contribution in [0.3, 0.4) is 0 Å². The fourth-order valence-electron chi connectivity index (χ4n) is 3.80. The monoisotopic (exact) mass is 430 g/mol. The van der Waals surface area contributed by atoms with Crippen LogP contribution >= 0.6 is 0 Å². The highest BCUT2D eigenvalue weighted by Gasteiger charge is 2.14. The first-order valence-corrected chi connectivity index (χ1v) is 10.3. The third kappa shape index (κ3) is 4.12. The van der Waals surface area contributed by atoms with E-state index in [9.17, 15) is 4.79 Å². The van der Waals surface area contributed by atoms with E-state index < -0.39 is 0 Å². The zero-order chi connectivity index (χ0) is 22.7. The molecule has 0 aliphatic rings. The average Bonchev–Trinajstić information content (AvgIpc) is 2.84. The number of ether oxygens (including phenoxy) is 3. The second-order valence-electron chi connectivity index (χ2n) is 7.46. The van der Waals surface area contributed by atoms with Crippen LogP contribution in [0.5, 0.6) is 17.2 Å². The molecule has 0 aliphatic carbocycles. The first-order chi connectivity index (χ1) is 15.5. The van der Waals surface area contributed by atoms with Crippen LogP contribution in [0.25, 0.3) is 22.2 Å². The van der Waals surface area contributed by atoms with Gasteiger partial charge in [0, 0.05) is 37.4 Å². The van der Waals surface area contributed by atoms with E-state index in [1.807, 2.05) is 72.3 Å². The summed E-state index contributed by atoms with van der Waals surface area (Å²) in [5, 5.41) is 4.03. The van der Waals surface area contributed by atoms with Gasteiger partial charge in [0.25, 0.3) is 0 Å². The summed E-state index contributed by atoms with van der Waals surface area (Å²) in [6, 6.07) is 20.9. The summed E-state index contributed by atoms with van der Waals surface area (Å²) in [6.45, 7) is 0.563. The van der Waals surface area contributed by atoms with Crippen LogP contribution in [-0.4, -0.2) is 25.9 Å². The minimum atomic E-state index is -0.0594. The van der Waals surface area contributed by atoms with E-state index in [1.54, 1.807) is 27.4 Å². The van der Waals surface area contributed by atoms with Crippen LogP contribution in [0, 0.1) is 0 Å². The molecule has 32 heavy (non-hydrogen) atoms. The second kappa shape index (κ2) is 9.06. The number of anilines is 1. The van der Waals surface area contributed by atoms with E-state index >= 15 is 0 Å². The molecule has 3 aromatic carbocycles. The molecule has 164 valence electrons. The molecule has 4 aromatic rings. The van der Waals surface area contributed by atoms with Crippen LogP contribution in [0.1, 0.15) is 5.56 Å². The summed E-state index contributed by atoms with van der Waals surface area (Å²) in [5.74, 6) is 2.22. The quantitative estimate of drug-likeness (QED) is 0.454. The lowest BCUT2D eigenvalue weighted by molar-refractivity contribution is 0.414. The largest absolute Gasteiger partial charge is 0.497 e. The molecule has 0 spiro atoms. The average molecular weight is 431 g/mol. The Morgan fingerprint density at radius 3 is 2.22 bits per heavy atom. The second-order valence-corrected chi connectivity index (χ2v) is 7.46. The number of methoxy groups -OCH3 is 3. The Morgan fingerprint density at radius 2 is 1.53 bits per heavy atom. The van der Waals surface area contributed by atoms with Gasteiger partial charge in [-0.25, -0.2) is 0 Å². The zero-order valence-electron chi connectivity index (χ0n) is 18.6. The van der Waals surface area contributed by atoms with E-state index in [0.29, 0.717) is 17.7 Å². The maximum Gasteiger partial charge on any atom is 0.192 e. The standard InChI is InChI=1S/C26H26N2O4/c1-28-23(18-6-5-7-20(12-18)31-3)15-25(29)26-22(13-21(32-4)14-24(26)28)27-16-17-8-10-19(30-2)11-9-17/h5-15,27H,16H2,1-4H3. The van der Waals surface area contributed by atoms with Gasteiger partial charge in [0.15, 0.2) is 5.43 Å². The van der Waals surface area contributed by atoms with Crippen molar-refractivity contribution in [1.82, 2.24) is 4.57 Å². The van der Waals surface area contributed by atoms with Crippen molar-refractivity contribution in [3.8, 4) is 28.5 Å². The van der Waals surface area contributed by atoms with Crippen molar-refractivity contribution < 1.29 is 14.2 Å². The maximum atomic E-state index is 13.3. The van der Waals surface area contributed by atoms with E-state index in [-0.39, 0.29) is 5.43 Å². The summed E-state index contributed by atoms with van der Waals surface area (Å²) in [5.41, 5.74) is 4.24. The number of nitrogens with one attached hydrogen (secondary N) is 1. The van der Waals surface area contributed by atoms with Crippen molar-refractivity contribution in [2.75, 3.05) is 26.6 Å². The lowest BCUT2D eigenvalue weighted by Gasteiger charge is -2.17. The summed E-state index contributed by atoms with van der Waals surface area (Å²) in [4.78, 5) is 13.3. The maximum absolute atomic E-state index is 13.3. The smallest absolute Gasteiger partial charge is 0.192 e. The number of pyridine rings is 1. The molecule has 6 heteroatoms. The van der Waals surface area contributed by atoms with Crippen LogP contribution in [0.15, 0.2) is 71.5 Å².